The molecule has 0 radical (unpaired) electrons. The largest absolute Gasteiger partial charge is 0.409 e. The van der Waals surface area contributed by atoms with Gasteiger partial charge in [-0.15, -0.1) is 0 Å². The van der Waals surface area contributed by atoms with Crippen molar-refractivity contribution in [1.82, 2.24) is 5.32 Å². The zero-order valence-corrected chi connectivity index (χ0v) is 12.2. The summed E-state index contributed by atoms with van der Waals surface area (Å²) >= 11 is 11.7. The van der Waals surface area contributed by atoms with Gasteiger partial charge in [0.05, 0.1) is 10.0 Å². The van der Waals surface area contributed by atoms with Crippen LogP contribution < -0.4 is 11.1 Å². The summed E-state index contributed by atoms with van der Waals surface area (Å²) in [6.07, 6.45) is 3.13. The van der Waals surface area contributed by atoms with Crippen LogP contribution >= 0.6 is 23.2 Å². The first-order valence-electron chi connectivity index (χ1n) is 6.24. The van der Waals surface area contributed by atoms with Gasteiger partial charge in [-0.2, -0.15) is 0 Å². The van der Waals surface area contributed by atoms with E-state index < -0.39 is 5.54 Å². The predicted molar refractivity (Wildman–Crippen MR) is 78.5 cm³/mol. The Kier molecular flexibility index (Phi) is 4.40. The summed E-state index contributed by atoms with van der Waals surface area (Å²) < 4.78 is 0. The lowest BCUT2D eigenvalue weighted by Crippen LogP contribution is -2.55. The molecule has 1 saturated carbocycles. The molecular weight excluding hydrogens is 301 g/mol. The molecule has 20 heavy (non-hydrogen) atoms. The number of amides is 1. The van der Waals surface area contributed by atoms with E-state index in [1.54, 1.807) is 12.1 Å². The highest BCUT2D eigenvalue weighted by Crippen LogP contribution is 2.30. The summed E-state index contributed by atoms with van der Waals surface area (Å²) in [5.74, 6) is -0.291. The first-order valence-corrected chi connectivity index (χ1v) is 7.00. The second-order valence-electron chi connectivity index (χ2n) is 4.86. The molecule has 0 aromatic heterocycles. The Morgan fingerprint density at radius 2 is 1.95 bits per heavy atom. The number of benzene rings is 1. The summed E-state index contributed by atoms with van der Waals surface area (Å²) in [4.78, 5) is 12.3. The van der Waals surface area contributed by atoms with Gasteiger partial charge in [-0.05, 0) is 31.0 Å². The van der Waals surface area contributed by atoms with Gasteiger partial charge in [-0.25, -0.2) is 0 Å². The standard InChI is InChI=1S/C13H15Cl2N3O2/c14-9-4-3-8(7-10(9)15)11(19)17-13(12(16)18-20)5-1-2-6-13/h3-4,7,20H,1-2,5-6H2,(H2,16,18)(H,17,19). The molecule has 1 amide bonds. The van der Waals surface area contributed by atoms with Crippen molar-refractivity contribution in [3.8, 4) is 0 Å². The van der Waals surface area contributed by atoms with Gasteiger partial charge in [0, 0.05) is 5.56 Å². The number of amidine groups is 1. The fourth-order valence-corrected chi connectivity index (χ4v) is 2.74. The molecule has 1 aliphatic carbocycles. The minimum atomic E-state index is -0.780. The van der Waals surface area contributed by atoms with E-state index in [2.05, 4.69) is 10.5 Å². The molecule has 0 heterocycles. The molecule has 0 unspecified atom stereocenters. The highest BCUT2D eigenvalue weighted by Gasteiger charge is 2.39. The fraction of sp³-hybridized carbons (Fsp3) is 0.385. The Bertz CT molecular complexity index is 555. The molecule has 0 atom stereocenters. The molecule has 1 aliphatic rings. The lowest BCUT2D eigenvalue weighted by molar-refractivity contribution is 0.0922. The molecule has 0 bridgehead atoms. The SMILES string of the molecule is N/C(=N/O)C1(NC(=O)c2ccc(Cl)c(Cl)c2)CCCC1. The van der Waals surface area contributed by atoms with Gasteiger partial charge in [0.15, 0.2) is 5.84 Å². The minimum Gasteiger partial charge on any atom is -0.409 e. The number of nitrogens with two attached hydrogens (primary N) is 1. The number of rotatable bonds is 3. The first kappa shape index (κ1) is 14.9. The number of carbonyl (C=O) groups is 1. The van der Waals surface area contributed by atoms with Gasteiger partial charge in [-0.1, -0.05) is 41.2 Å². The van der Waals surface area contributed by atoms with Gasteiger partial charge < -0.3 is 16.3 Å². The average molecular weight is 316 g/mol. The highest BCUT2D eigenvalue weighted by molar-refractivity contribution is 6.42. The summed E-state index contributed by atoms with van der Waals surface area (Å²) in [6.45, 7) is 0. The van der Waals surface area contributed by atoms with Gasteiger partial charge >= 0.3 is 0 Å². The second kappa shape index (κ2) is 5.89. The molecule has 7 heteroatoms. The van der Waals surface area contributed by atoms with E-state index in [-0.39, 0.29) is 11.7 Å². The van der Waals surface area contributed by atoms with Crippen LogP contribution in [0.1, 0.15) is 36.0 Å². The number of oxime groups is 1. The Morgan fingerprint density at radius 3 is 2.50 bits per heavy atom. The summed E-state index contributed by atoms with van der Waals surface area (Å²) in [7, 11) is 0. The van der Waals surface area contributed by atoms with E-state index in [4.69, 9.17) is 34.1 Å². The van der Waals surface area contributed by atoms with Crippen molar-refractivity contribution < 1.29 is 10.0 Å². The van der Waals surface area contributed by atoms with Crippen molar-refractivity contribution in [2.45, 2.75) is 31.2 Å². The van der Waals surface area contributed by atoms with Crippen LogP contribution in [0.15, 0.2) is 23.4 Å². The van der Waals surface area contributed by atoms with Crippen molar-refractivity contribution in [2.75, 3.05) is 0 Å². The molecular formula is C13H15Cl2N3O2. The van der Waals surface area contributed by atoms with Crippen molar-refractivity contribution in [3.63, 3.8) is 0 Å². The van der Waals surface area contributed by atoms with E-state index in [9.17, 15) is 4.79 Å². The second-order valence-corrected chi connectivity index (χ2v) is 5.67. The fourth-order valence-electron chi connectivity index (χ4n) is 2.45. The lowest BCUT2D eigenvalue weighted by Gasteiger charge is -2.28. The topological polar surface area (TPSA) is 87.7 Å². The third-order valence-corrected chi connectivity index (χ3v) is 4.33. The Labute approximate surface area is 126 Å². The Balaban J connectivity index is 2.23. The third-order valence-electron chi connectivity index (χ3n) is 3.59. The number of hydrogen-bond acceptors (Lipinski definition) is 3. The molecule has 0 aliphatic heterocycles. The molecule has 108 valence electrons. The van der Waals surface area contributed by atoms with Gasteiger partial charge in [0.2, 0.25) is 0 Å². The predicted octanol–water partition coefficient (Wildman–Crippen LogP) is 2.78. The molecule has 4 N–H and O–H groups in total. The molecule has 0 spiro atoms. The molecule has 5 nitrogen and oxygen atoms in total. The number of hydrogen-bond donors (Lipinski definition) is 3. The zero-order valence-electron chi connectivity index (χ0n) is 10.7. The molecule has 1 fully saturated rings. The molecule has 1 aromatic rings. The third kappa shape index (κ3) is 2.83. The van der Waals surface area contributed by atoms with E-state index >= 15 is 0 Å². The van der Waals surface area contributed by atoms with Crippen molar-refractivity contribution in [1.29, 1.82) is 0 Å². The number of halogens is 2. The normalized spacial score (nSPS) is 18.0. The van der Waals surface area contributed by atoms with Crippen LogP contribution in [0.3, 0.4) is 0 Å². The number of carbonyl (C=O) groups excluding carboxylic acids is 1. The minimum absolute atomic E-state index is 0.0309. The number of nitrogens with one attached hydrogen (secondary N) is 1. The lowest BCUT2D eigenvalue weighted by atomic mass is 9.95. The summed E-state index contributed by atoms with van der Waals surface area (Å²) in [6, 6.07) is 4.64. The van der Waals surface area contributed by atoms with Gasteiger partial charge in [-0.3, -0.25) is 4.79 Å². The summed E-state index contributed by atoms with van der Waals surface area (Å²) in [5.41, 5.74) is 5.34. The summed E-state index contributed by atoms with van der Waals surface area (Å²) in [5, 5.41) is 15.5. The molecule has 0 saturated heterocycles. The van der Waals surface area contributed by atoms with Crippen molar-refractivity contribution >= 4 is 34.9 Å². The van der Waals surface area contributed by atoms with Crippen LogP contribution in [-0.4, -0.2) is 22.5 Å². The van der Waals surface area contributed by atoms with E-state index in [0.717, 1.165) is 12.8 Å². The Hall–Kier alpha value is -1.46. The van der Waals surface area contributed by atoms with Crippen LogP contribution in [0.4, 0.5) is 0 Å². The van der Waals surface area contributed by atoms with E-state index in [1.807, 2.05) is 0 Å². The smallest absolute Gasteiger partial charge is 0.252 e. The zero-order chi connectivity index (χ0) is 14.8. The maximum absolute atomic E-state index is 12.3. The van der Waals surface area contributed by atoms with Crippen LogP contribution in [0, 0.1) is 0 Å². The molecule has 2 rings (SSSR count). The van der Waals surface area contributed by atoms with Gasteiger partial charge in [0.25, 0.3) is 5.91 Å². The first-order chi connectivity index (χ1) is 9.48. The van der Waals surface area contributed by atoms with Crippen molar-refractivity contribution in [3.05, 3.63) is 33.8 Å². The van der Waals surface area contributed by atoms with Crippen molar-refractivity contribution in [2.24, 2.45) is 10.9 Å². The van der Waals surface area contributed by atoms with Crippen LogP contribution in [0.25, 0.3) is 0 Å². The van der Waals surface area contributed by atoms with Crippen LogP contribution in [0.5, 0.6) is 0 Å². The highest BCUT2D eigenvalue weighted by atomic mass is 35.5. The maximum atomic E-state index is 12.3. The van der Waals surface area contributed by atoms with Gasteiger partial charge in [0.1, 0.15) is 5.54 Å². The quantitative estimate of drug-likeness (QED) is 0.347. The van der Waals surface area contributed by atoms with E-state index in [0.29, 0.717) is 28.5 Å². The monoisotopic (exact) mass is 315 g/mol. The number of nitrogens with zero attached hydrogens (tertiary/aromatic N) is 1. The van der Waals surface area contributed by atoms with Crippen LogP contribution in [0.2, 0.25) is 10.0 Å². The maximum Gasteiger partial charge on any atom is 0.252 e. The van der Waals surface area contributed by atoms with Crippen LogP contribution in [-0.2, 0) is 0 Å². The molecule has 1 aromatic carbocycles. The van der Waals surface area contributed by atoms with E-state index in [1.165, 1.54) is 6.07 Å². The average Bonchev–Trinajstić information content (AvgIpc) is 2.90. The Morgan fingerprint density at radius 1 is 1.30 bits per heavy atom.